The molecule has 0 atom stereocenters. The number of aromatic nitrogens is 3. The molecule has 17 heavy (non-hydrogen) atoms. The second-order valence-corrected chi connectivity index (χ2v) is 4.15. The van der Waals surface area contributed by atoms with E-state index < -0.39 is 5.97 Å². The first-order valence-electron chi connectivity index (χ1n) is 4.66. The summed E-state index contributed by atoms with van der Waals surface area (Å²) in [4.78, 5) is 15.7. The highest BCUT2D eigenvalue weighted by atomic mass is 79.9. The van der Waals surface area contributed by atoms with Crippen LogP contribution in [-0.4, -0.2) is 27.8 Å². The smallest absolute Gasteiger partial charge is 0.341 e. The van der Waals surface area contributed by atoms with Crippen LogP contribution in [0.25, 0.3) is 5.82 Å². The molecule has 0 bridgehead atoms. The van der Waals surface area contributed by atoms with Gasteiger partial charge in [-0.05, 0) is 22.0 Å². The number of ether oxygens (including phenoxy) is 1. The van der Waals surface area contributed by atoms with Gasteiger partial charge in [0.1, 0.15) is 5.56 Å². The average Bonchev–Trinajstić information content (AvgIpc) is 2.74. The molecule has 0 saturated heterocycles. The van der Waals surface area contributed by atoms with Gasteiger partial charge >= 0.3 is 5.97 Å². The van der Waals surface area contributed by atoms with Gasteiger partial charge in [-0.3, -0.25) is 0 Å². The van der Waals surface area contributed by atoms with Crippen molar-refractivity contribution in [2.75, 3.05) is 12.8 Å². The van der Waals surface area contributed by atoms with Gasteiger partial charge in [-0.1, -0.05) is 0 Å². The highest BCUT2D eigenvalue weighted by Crippen LogP contribution is 2.17. The number of hydrogen-bond acceptors (Lipinski definition) is 5. The third-order valence-corrected chi connectivity index (χ3v) is 2.47. The Morgan fingerprint density at radius 1 is 1.53 bits per heavy atom. The lowest BCUT2D eigenvalue weighted by Crippen LogP contribution is -2.11. The number of esters is 1. The second-order valence-electron chi connectivity index (χ2n) is 3.23. The van der Waals surface area contributed by atoms with Gasteiger partial charge in [0.2, 0.25) is 0 Å². The summed E-state index contributed by atoms with van der Waals surface area (Å²) < 4.78 is 6.93. The van der Waals surface area contributed by atoms with Gasteiger partial charge < -0.3 is 10.5 Å². The van der Waals surface area contributed by atoms with Crippen LogP contribution in [0.2, 0.25) is 0 Å². The first-order chi connectivity index (χ1) is 8.11. The molecule has 0 spiro atoms. The van der Waals surface area contributed by atoms with Crippen LogP contribution >= 0.6 is 15.9 Å². The number of carbonyl (C=O) groups excluding carboxylic acids is 1. The van der Waals surface area contributed by atoms with Crippen LogP contribution in [-0.2, 0) is 4.74 Å². The summed E-state index contributed by atoms with van der Waals surface area (Å²) >= 11 is 3.27. The molecular formula is C10H9BrN4O2. The normalized spacial score (nSPS) is 10.2. The minimum absolute atomic E-state index is 0.267. The molecular weight excluding hydrogens is 288 g/mol. The fraction of sp³-hybridized carbons (Fsp3) is 0.100. The van der Waals surface area contributed by atoms with Crippen molar-refractivity contribution in [1.29, 1.82) is 0 Å². The summed E-state index contributed by atoms with van der Waals surface area (Å²) in [6, 6.07) is 1.50. The third-order valence-electron chi connectivity index (χ3n) is 2.06. The minimum Gasteiger partial charge on any atom is -0.465 e. The Balaban J connectivity index is 2.57. The number of rotatable bonds is 2. The molecule has 0 saturated carbocycles. The quantitative estimate of drug-likeness (QED) is 0.847. The number of halogens is 1. The van der Waals surface area contributed by atoms with E-state index in [9.17, 15) is 4.79 Å². The Morgan fingerprint density at radius 3 is 2.88 bits per heavy atom. The number of anilines is 1. The molecule has 0 aliphatic carbocycles. The van der Waals surface area contributed by atoms with Gasteiger partial charge in [0.25, 0.3) is 0 Å². The number of methoxy groups -OCH3 is 1. The van der Waals surface area contributed by atoms with E-state index in [-0.39, 0.29) is 5.56 Å². The zero-order chi connectivity index (χ0) is 12.4. The average molecular weight is 297 g/mol. The molecule has 0 fully saturated rings. The van der Waals surface area contributed by atoms with Crippen molar-refractivity contribution in [1.82, 2.24) is 14.8 Å². The second kappa shape index (κ2) is 4.54. The molecule has 0 amide bonds. The lowest BCUT2D eigenvalue weighted by atomic mass is 10.2. The molecule has 2 aromatic rings. The molecule has 6 nitrogen and oxygen atoms in total. The van der Waals surface area contributed by atoms with E-state index in [0.29, 0.717) is 11.5 Å². The van der Waals surface area contributed by atoms with Crippen molar-refractivity contribution in [3.63, 3.8) is 0 Å². The van der Waals surface area contributed by atoms with Gasteiger partial charge in [0.15, 0.2) is 5.82 Å². The maximum absolute atomic E-state index is 11.6. The van der Waals surface area contributed by atoms with Crippen molar-refractivity contribution in [3.8, 4) is 5.82 Å². The van der Waals surface area contributed by atoms with Gasteiger partial charge in [-0.2, -0.15) is 5.10 Å². The Hall–Kier alpha value is -1.89. The van der Waals surface area contributed by atoms with Crippen LogP contribution in [0.5, 0.6) is 0 Å². The highest BCUT2D eigenvalue weighted by molar-refractivity contribution is 9.10. The SMILES string of the molecule is COC(=O)c1cc(N)cnc1-n1cc(Br)cn1. The molecule has 2 N–H and O–H groups in total. The predicted molar refractivity (Wildman–Crippen MR) is 64.8 cm³/mol. The lowest BCUT2D eigenvalue weighted by molar-refractivity contribution is 0.0600. The zero-order valence-corrected chi connectivity index (χ0v) is 10.5. The number of nitrogens with zero attached hydrogens (tertiary/aromatic N) is 3. The summed E-state index contributed by atoms with van der Waals surface area (Å²) in [5.74, 6) is -0.136. The monoisotopic (exact) mass is 296 g/mol. The molecule has 0 aliphatic rings. The van der Waals surface area contributed by atoms with E-state index in [1.165, 1.54) is 24.1 Å². The Labute approximate surface area is 106 Å². The molecule has 2 aromatic heterocycles. The molecule has 0 unspecified atom stereocenters. The molecule has 7 heteroatoms. The first kappa shape index (κ1) is 11.6. The number of nitrogens with two attached hydrogens (primary N) is 1. The summed E-state index contributed by atoms with van der Waals surface area (Å²) in [5, 5.41) is 4.05. The Morgan fingerprint density at radius 2 is 2.29 bits per heavy atom. The minimum atomic E-state index is -0.508. The van der Waals surface area contributed by atoms with E-state index in [2.05, 4.69) is 30.7 Å². The van der Waals surface area contributed by atoms with E-state index in [4.69, 9.17) is 5.73 Å². The van der Waals surface area contributed by atoms with Crippen molar-refractivity contribution < 1.29 is 9.53 Å². The van der Waals surface area contributed by atoms with Gasteiger partial charge in [-0.15, -0.1) is 0 Å². The van der Waals surface area contributed by atoms with Crippen LogP contribution in [0.1, 0.15) is 10.4 Å². The van der Waals surface area contributed by atoms with E-state index in [0.717, 1.165) is 4.47 Å². The summed E-state index contributed by atoms with van der Waals surface area (Å²) in [6.45, 7) is 0. The van der Waals surface area contributed by atoms with Crippen LogP contribution in [0.4, 0.5) is 5.69 Å². The number of carbonyl (C=O) groups is 1. The van der Waals surface area contributed by atoms with Crippen molar-refractivity contribution in [2.45, 2.75) is 0 Å². The number of pyridine rings is 1. The Bertz CT molecular complexity index is 567. The first-order valence-corrected chi connectivity index (χ1v) is 5.45. The molecule has 0 radical (unpaired) electrons. The molecule has 0 aliphatic heterocycles. The number of hydrogen-bond donors (Lipinski definition) is 1. The van der Waals surface area contributed by atoms with E-state index in [1.54, 1.807) is 12.4 Å². The maximum Gasteiger partial charge on any atom is 0.341 e. The Kier molecular flexibility index (Phi) is 3.10. The van der Waals surface area contributed by atoms with E-state index in [1.807, 2.05) is 0 Å². The largest absolute Gasteiger partial charge is 0.465 e. The van der Waals surface area contributed by atoms with Gasteiger partial charge in [0, 0.05) is 6.20 Å². The molecule has 88 valence electrons. The van der Waals surface area contributed by atoms with Crippen LogP contribution in [0, 0.1) is 0 Å². The van der Waals surface area contributed by atoms with Crippen molar-refractivity contribution >= 4 is 27.6 Å². The van der Waals surface area contributed by atoms with Crippen LogP contribution in [0.3, 0.4) is 0 Å². The van der Waals surface area contributed by atoms with Crippen molar-refractivity contribution in [2.24, 2.45) is 0 Å². The summed E-state index contributed by atoms with van der Waals surface area (Å²) in [6.07, 6.45) is 4.74. The van der Waals surface area contributed by atoms with Crippen LogP contribution in [0.15, 0.2) is 29.1 Å². The fourth-order valence-corrected chi connectivity index (χ4v) is 1.62. The molecule has 2 heterocycles. The van der Waals surface area contributed by atoms with Crippen LogP contribution < -0.4 is 5.73 Å². The third kappa shape index (κ3) is 2.28. The lowest BCUT2D eigenvalue weighted by Gasteiger charge is -2.07. The van der Waals surface area contributed by atoms with Gasteiger partial charge in [0.05, 0.1) is 29.7 Å². The summed E-state index contributed by atoms with van der Waals surface area (Å²) in [5.41, 5.74) is 6.25. The number of nitrogen functional groups attached to an aromatic ring is 1. The molecule has 0 aromatic carbocycles. The van der Waals surface area contributed by atoms with Crippen molar-refractivity contribution in [3.05, 3.63) is 34.7 Å². The standard InChI is InChI=1S/C10H9BrN4O2/c1-17-10(16)8-2-7(12)4-13-9(8)15-5-6(11)3-14-15/h2-5H,12H2,1H3. The molecule has 2 rings (SSSR count). The maximum atomic E-state index is 11.6. The van der Waals surface area contributed by atoms with E-state index >= 15 is 0 Å². The highest BCUT2D eigenvalue weighted by Gasteiger charge is 2.15. The summed E-state index contributed by atoms with van der Waals surface area (Å²) in [7, 11) is 1.30. The topological polar surface area (TPSA) is 83.0 Å². The zero-order valence-electron chi connectivity index (χ0n) is 8.92. The van der Waals surface area contributed by atoms with Gasteiger partial charge in [-0.25, -0.2) is 14.5 Å². The fourth-order valence-electron chi connectivity index (χ4n) is 1.33. The predicted octanol–water partition coefficient (Wildman–Crippen LogP) is 1.40.